The van der Waals surface area contributed by atoms with Crippen molar-refractivity contribution in [2.24, 2.45) is 0 Å². The van der Waals surface area contributed by atoms with Gasteiger partial charge in [-0.2, -0.15) is 5.01 Å². The minimum atomic E-state index is -0.980. The fourth-order valence-electron chi connectivity index (χ4n) is 4.03. The third-order valence-corrected chi connectivity index (χ3v) is 5.87. The Morgan fingerprint density at radius 1 is 1.28 bits per heavy atom. The molecule has 0 aromatic heterocycles. The van der Waals surface area contributed by atoms with E-state index in [4.69, 9.17) is 9.47 Å². The Morgan fingerprint density at radius 2 is 2.03 bits per heavy atom. The highest BCUT2D eigenvalue weighted by Gasteiger charge is 2.47. The molecule has 4 amide bonds. The van der Waals surface area contributed by atoms with Gasteiger partial charge in [0.1, 0.15) is 18.8 Å². The van der Waals surface area contributed by atoms with Gasteiger partial charge in [0.2, 0.25) is 0 Å². The summed E-state index contributed by atoms with van der Waals surface area (Å²) in [7, 11) is 0. The molecule has 0 saturated carbocycles. The number of amides is 4. The second-order valence-electron chi connectivity index (χ2n) is 7.82. The molecule has 156 valence electrons. The Balaban J connectivity index is 1.42. The molecule has 0 aliphatic carbocycles. The van der Waals surface area contributed by atoms with Crippen LogP contribution >= 0.6 is 0 Å². The number of nitrogens with zero attached hydrogens (tertiary/aromatic N) is 2. The molecule has 0 unspecified atom stereocenters. The first-order valence-electron chi connectivity index (χ1n) is 10.0. The molecule has 0 radical (unpaired) electrons. The van der Waals surface area contributed by atoms with Crippen LogP contribution in [0.4, 0.5) is 4.79 Å². The molecule has 3 aliphatic rings. The van der Waals surface area contributed by atoms with Gasteiger partial charge in [-0.3, -0.25) is 19.9 Å². The molecule has 2 atom stereocenters. The number of ether oxygens (including phenoxy) is 2. The minimum absolute atomic E-state index is 0.0700. The van der Waals surface area contributed by atoms with Crippen LogP contribution in [0.1, 0.15) is 44.7 Å². The van der Waals surface area contributed by atoms with Crippen LogP contribution < -0.4 is 20.2 Å². The van der Waals surface area contributed by atoms with Crippen molar-refractivity contribution in [1.29, 1.82) is 0 Å². The van der Waals surface area contributed by atoms with Crippen molar-refractivity contribution in [1.82, 2.24) is 20.7 Å². The van der Waals surface area contributed by atoms with Crippen LogP contribution in [-0.4, -0.2) is 59.6 Å². The van der Waals surface area contributed by atoms with E-state index in [-0.39, 0.29) is 12.6 Å². The first kappa shape index (κ1) is 19.5. The van der Waals surface area contributed by atoms with Crippen molar-refractivity contribution in [3.8, 4) is 11.5 Å². The van der Waals surface area contributed by atoms with Crippen molar-refractivity contribution in [2.45, 2.75) is 44.7 Å². The number of benzene rings is 1. The monoisotopic (exact) mass is 402 g/mol. The fourth-order valence-corrected chi connectivity index (χ4v) is 4.03. The zero-order chi connectivity index (χ0) is 20.6. The number of carbonyl (C=O) groups excluding carboxylic acids is 3. The Labute approximate surface area is 169 Å². The van der Waals surface area contributed by atoms with Gasteiger partial charge in [0, 0.05) is 6.04 Å². The van der Waals surface area contributed by atoms with Gasteiger partial charge in [-0.15, -0.1) is 0 Å². The number of imide groups is 1. The van der Waals surface area contributed by atoms with Crippen LogP contribution in [0.3, 0.4) is 0 Å². The highest BCUT2D eigenvalue weighted by Crippen LogP contribution is 2.37. The van der Waals surface area contributed by atoms with E-state index in [1.165, 1.54) is 0 Å². The van der Waals surface area contributed by atoms with Crippen LogP contribution in [0, 0.1) is 0 Å². The first-order valence-corrected chi connectivity index (χ1v) is 10.0. The molecule has 1 aromatic carbocycles. The Bertz CT molecular complexity index is 844. The van der Waals surface area contributed by atoms with Gasteiger partial charge in [-0.1, -0.05) is 13.0 Å². The van der Waals surface area contributed by atoms with Gasteiger partial charge in [-0.25, -0.2) is 4.79 Å². The standard InChI is InChI=1S/C20H26N4O5/c1-3-20(2)18(26)24(19(27)21-20)22-17(25)12-23-8-4-5-14(23)13-6-7-15-16(11-13)29-10-9-28-15/h6-7,11,14H,3-5,8-10,12H2,1-2H3,(H,21,27)(H,22,25)/t14-,20+/m1/s1. The lowest BCUT2D eigenvalue weighted by Crippen LogP contribution is -2.51. The third-order valence-electron chi connectivity index (χ3n) is 5.87. The molecule has 2 fully saturated rings. The summed E-state index contributed by atoms with van der Waals surface area (Å²) in [4.78, 5) is 39.2. The molecule has 0 bridgehead atoms. The van der Waals surface area contributed by atoms with Gasteiger partial charge < -0.3 is 14.8 Å². The second-order valence-corrected chi connectivity index (χ2v) is 7.82. The summed E-state index contributed by atoms with van der Waals surface area (Å²) in [5.41, 5.74) is 2.55. The number of rotatable bonds is 5. The topological polar surface area (TPSA) is 100 Å². The maximum atomic E-state index is 12.6. The maximum Gasteiger partial charge on any atom is 0.344 e. The van der Waals surface area contributed by atoms with Crippen LogP contribution in [0.25, 0.3) is 0 Å². The summed E-state index contributed by atoms with van der Waals surface area (Å²) in [5, 5.41) is 3.42. The highest BCUT2D eigenvalue weighted by atomic mass is 16.6. The second kappa shape index (κ2) is 7.55. The predicted molar refractivity (Wildman–Crippen MR) is 103 cm³/mol. The number of hydrogen-bond acceptors (Lipinski definition) is 6. The lowest BCUT2D eigenvalue weighted by atomic mass is 10.00. The van der Waals surface area contributed by atoms with E-state index in [1.54, 1.807) is 6.92 Å². The zero-order valence-electron chi connectivity index (χ0n) is 16.7. The van der Waals surface area contributed by atoms with Crippen LogP contribution in [0.2, 0.25) is 0 Å². The Kier molecular flexibility index (Phi) is 5.08. The molecule has 1 aromatic rings. The highest BCUT2D eigenvalue weighted by molar-refractivity contribution is 6.07. The van der Waals surface area contributed by atoms with Crippen molar-refractivity contribution in [3.63, 3.8) is 0 Å². The fraction of sp³-hybridized carbons (Fsp3) is 0.550. The van der Waals surface area contributed by atoms with E-state index in [0.29, 0.717) is 19.6 Å². The molecule has 29 heavy (non-hydrogen) atoms. The van der Waals surface area contributed by atoms with Gasteiger partial charge >= 0.3 is 6.03 Å². The maximum absolute atomic E-state index is 12.6. The van der Waals surface area contributed by atoms with Crippen molar-refractivity contribution in [2.75, 3.05) is 26.3 Å². The number of hydrogen-bond donors (Lipinski definition) is 2. The average Bonchev–Trinajstić information content (AvgIpc) is 3.26. The SMILES string of the molecule is CC[C@]1(C)NC(=O)N(NC(=O)CN2CCC[C@@H]2c2ccc3c(c2)OCCO3)C1=O. The summed E-state index contributed by atoms with van der Waals surface area (Å²) < 4.78 is 11.2. The lowest BCUT2D eigenvalue weighted by Gasteiger charge is -2.26. The van der Waals surface area contributed by atoms with Gasteiger partial charge in [0.25, 0.3) is 11.8 Å². The molecular weight excluding hydrogens is 376 g/mol. The van der Waals surface area contributed by atoms with Gasteiger partial charge in [0.05, 0.1) is 6.54 Å². The number of urea groups is 1. The van der Waals surface area contributed by atoms with E-state index in [1.807, 2.05) is 25.1 Å². The molecule has 0 spiro atoms. The smallest absolute Gasteiger partial charge is 0.344 e. The normalized spacial score (nSPS) is 26.6. The Morgan fingerprint density at radius 3 is 2.76 bits per heavy atom. The molecule has 9 heteroatoms. The average molecular weight is 402 g/mol. The molecule has 2 N–H and O–H groups in total. The van der Waals surface area contributed by atoms with Crippen molar-refractivity contribution >= 4 is 17.8 Å². The summed E-state index contributed by atoms with van der Waals surface area (Å²) in [5.74, 6) is 0.629. The summed E-state index contributed by atoms with van der Waals surface area (Å²) in [6, 6.07) is 5.34. The van der Waals surface area contributed by atoms with Crippen LogP contribution in [-0.2, 0) is 9.59 Å². The lowest BCUT2D eigenvalue weighted by molar-refractivity contribution is -0.139. The first-order chi connectivity index (χ1) is 13.9. The van der Waals surface area contributed by atoms with Crippen molar-refractivity contribution in [3.05, 3.63) is 23.8 Å². The molecular formula is C20H26N4O5. The van der Waals surface area contributed by atoms with E-state index in [2.05, 4.69) is 15.6 Å². The number of nitrogens with one attached hydrogen (secondary N) is 2. The zero-order valence-corrected chi connectivity index (χ0v) is 16.7. The number of carbonyl (C=O) groups is 3. The van der Waals surface area contributed by atoms with Gasteiger partial charge in [0.15, 0.2) is 11.5 Å². The molecule has 9 nitrogen and oxygen atoms in total. The van der Waals surface area contributed by atoms with Gasteiger partial charge in [-0.05, 0) is 50.4 Å². The summed E-state index contributed by atoms with van der Waals surface area (Å²) in [6.07, 6.45) is 2.33. The van der Waals surface area contributed by atoms with Crippen LogP contribution in [0.5, 0.6) is 11.5 Å². The van der Waals surface area contributed by atoms with E-state index >= 15 is 0 Å². The summed E-state index contributed by atoms with van der Waals surface area (Å²) >= 11 is 0. The molecule has 4 rings (SSSR count). The predicted octanol–water partition coefficient (Wildman–Crippen LogP) is 1.35. The largest absolute Gasteiger partial charge is 0.486 e. The third kappa shape index (κ3) is 3.62. The number of hydrazine groups is 1. The number of likely N-dealkylation sites (tertiary alicyclic amines) is 1. The van der Waals surface area contributed by atoms with Crippen molar-refractivity contribution < 1.29 is 23.9 Å². The van der Waals surface area contributed by atoms with E-state index in [9.17, 15) is 14.4 Å². The van der Waals surface area contributed by atoms with E-state index < -0.39 is 23.4 Å². The van der Waals surface area contributed by atoms with E-state index in [0.717, 1.165) is 41.5 Å². The van der Waals surface area contributed by atoms with Crippen LogP contribution in [0.15, 0.2) is 18.2 Å². The quantitative estimate of drug-likeness (QED) is 0.721. The molecule has 3 heterocycles. The molecule has 3 aliphatic heterocycles. The molecule has 2 saturated heterocycles. The minimum Gasteiger partial charge on any atom is -0.486 e. The number of fused-ring (bicyclic) bond motifs is 1. The summed E-state index contributed by atoms with van der Waals surface area (Å²) in [6.45, 7) is 5.39. The Hall–Kier alpha value is -2.81.